The van der Waals surface area contributed by atoms with Crippen LogP contribution in [-0.2, 0) is 13.1 Å². The second-order valence-corrected chi connectivity index (χ2v) is 9.61. The molecule has 2 aromatic carbocycles. The first-order chi connectivity index (χ1) is 17.2. The summed E-state index contributed by atoms with van der Waals surface area (Å²) in [6.07, 6.45) is 0. The van der Waals surface area contributed by atoms with Gasteiger partial charge in [0.05, 0.1) is 26.8 Å². The molecule has 1 fully saturated rings. The molecule has 1 aliphatic rings. The maximum atomic E-state index is 5.56. The van der Waals surface area contributed by atoms with E-state index in [4.69, 9.17) is 9.47 Å². The fraction of sp³-hybridized carbons (Fsp3) is 0.346. The van der Waals surface area contributed by atoms with E-state index in [1.165, 1.54) is 10.4 Å². The number of para-hydroxylation sites is 1. The average Bonchev–Trinajstić information content (AvgIpc) is 3.59. The number of ether oxygens (including phenoxy) is 2. The molecule has 0 unspecified atom stereocenters. The molecule has 4 aromatic rings. The normalized spacial score (nSPS) is 15.7. The molecular formula is C26H30N6O2S. The highest BCUT2D eigenvalue weighted by molar-refractivity contribution is 7.09. The van der Waals surface area contributed by atoms with Crippen LogP contribution in [-0.4, -0.2) is 70.4 Å². The molecule has 9 heteroatoms. The Morgan fingerprint density at radius 1 is 0.886 bits per heavy atom. The first-order valence-corrected chi connectivity index (χ1v) is 12.6. The minimum Gasteiger partial charge on any atom is -0.497 e. The predicted molar refractivity (Wildman–Crippen MR) is 136 cm³/mol. The summed E-state index contributed by atoms with van der Waals surface area (Å²) in [6, 6.07) is 20.7. The zero-order valence-electron chi connectivity index (χ0n) is 20.1. The van der Waals surface area contributed by atoms with Crippen LogP contribution in [0.15, 0.2) is 66.0 Å². The van der Waals surface area contributed by atoms with E-state index in [-0.39, 0.29) is 6.04 Å². The molecule has 0 spiro atoms. The van der Waals surface area contributed by atoms with E-state index in [9.17, 15) is 0 Å². The number of tetrazole rings is 1. The Labute approximate surface area is 209 Å². The van der Waals surface area contributed by atoms with Crippen LogP contribution in [0.5, 0.6) is 11.5 Å². The van der Waals surface area contributed by atoms with Crippen molar-refractivity contribution >= 4 is 11.3 Å². The van der Waals surface area contributed by atoms with E-state index in [1.807, 2.05) is 28.9 Å². The van der Waals surface area contributed by atoms with Crippen molar-refractivity contribution in [2.24, 2.45) is 0 Å². The minimum absolute atomic E-state index is 0.0377. The number of rotatable bonds is 9. The van der Waals surface area contributed by atoms with Gasteiger partial charge in [0, 0.05) is 43.2 Å². The minimum atomic E-state index is -0.0377. The summed E-state index contributed by atoms with van der Waals surface area (Å²) in [5.74, 6) is 2.65. The van der Waals surface area contributed by atoms with Crippen LogP contribution in [0.1, 0.15) is 27.9 Å². The van der Waals surface area contributed by atoms with Crippen molar-refractivity contribution in [3.63, 3.8) is 0 Å². The van der Waals surface area contributed by atoms with Crippen molar-refractivity contribution in [3.8, 4) is 11.5 Å². The average molecular weight is 491 g/mol. The molecular weight excluding hydrogens is 460 g/mol. The highest BCUT2D eigenvalue weighted by Gasteiger charge is 2.31. The Hall–Kier alpha value is -3.27. The van der Waals surface area contributed by atoms with Gasteiger partial charge in [0.15, 0.2) is 5.82 Å². The van der Waals surface area contributed by atoms with E-state index in [0.29, 0.717) is 6.54 Å². The molecule has 0 saturated carbocycles. The van der Waals surface area contributed by atoms with Gasteiger partial charge in [0.2, 0.25) is 0 Å². The Balaban J connectivity index is 1.37. The van der Waals surface area contributed by atoms with Crippen molar-refractivity contribution in [1.82, 2.24) is 30.0 Å². The molecule has 182 valence electrons. The summed E-state index contributed by atoms with van der Waals surface area (Å²) in [5, 5.41) is 15.0. The van der Waals surface area contributed by atoms with Gasteiger partial charge in [-0.3, -0.25) is 9.80 Å². The highest BCUT2D eigenvalue weighted by atomic mass is 32.1. The lowest BCUT2D eigenvalue weighted by molar-refractivity contribution is 0.0997. The van der Waals surface area contributed by atoms with Crippen LogP contribution in [0.4, 0.5) is 0 Å². The molecule has 1 atom stereocenters. The zero-order valence-corrected chi connectivity index (χ0v) is 20.9. The van der Waals surface area contributed by atoms with Crippen LogP contribution in [0.25, 0.3) is 0 Å². The predicted octanol–water partition coefficient (Wildman–Crippen LogP) is 3.71. The molecule has 5 rings (SSSR count). The van der Waals surface area contributed by atoms with Gasteiger partial charge in [0.1, 0.15) is 11.5 Å². The molecule has 0 aliphatic carbocycles. The number of hydrogen-bond donors (Lipinski definition) is 0. The molecule has 1 saturated heterocycles. The first-order valence-electron chi connectivity index (χ1n) is 11.8. The van der Waals surface area contributed by atoms with Gasteiger partial charge in [-0.2, -0.15) is 0 Å². The van der Waals surface area contributed by atoms with Crippen molar-refractivity contribution in [2.45, 2.75) is 19.1 Å². The number of benzene rings is 2. The Morgan fingerprint density at radius 3 is 2.40 bits per heavy atom. The number of aromatic nitrogens is 4. The lowest BCUT2D eigenvalue weighted by Crippen LogP contribution is -2.48. The van der Waals surface area contributed by atoms with Gasteiger partial charge in [-0.25, -0.2) is 4.68 Å². The fourth-order valence-corrected chi connectivity index (χ4v) is 5.32. The largest absolute Gasteiger partial charge is 0.497 e. The van der Waals surface area contributed by atoms with Crippen LogP contribution >= 0.6 is 11.3 Å². The summed E-state index contributed by atoms with van der Waals surface area (Å²) in [5.41, 5.74) is 2.38. The molecule has 35 heavy (non-hydrogen) atoms. The van der Waals surface area contributed by atoms with E-state index >= 15 is 0 Å². The molecule has 2 aromatic heterocycles. The lowest BCUT2D eigenvalue weighted by Gasteiger charge is -2.39. The molecule has 0 bridgehead atoms. The number of piperazine rings is 1. The molecule has 8 nitrogen and oxygen atoms in total. The van der Waals surface area contributed by atoms with Gasteiger partial charge in [0.25, 0.3) is 0 Å². The monoisotopic (exact) mass is 490 g/mol. The van der Waals surface area contributed by atoms with Crippen molar-refractivity contribution < 1.29 is 9.47 Å². The molecule has 0 N–H and O–H groups in total. The lowest BCUT2D eigenvalue weighted by atomic mass is 10.0. The van der Waals surface area contributed by atoms with Crippen LogP contribution < -0.4 is 9.47 Å². The Bertz CT molecular complexity index is 1200. The number of nitrogens with zero attached hydrogens (tertiary/aromatic N) is 6. The standard InChI is InChI=1S/C26H30N6O2S/c1-33-22-11-9-20(10-12-22)25(26-27-28-29-32(26)19-23-7-5-17-35-23)31-15-13-30(14-16-31)18-21-6-3-4-8-24(21)34-2/h3-12,17,25H,13-16,18-19H2,1-2H3/t25-/m0/s1. The van der Waals surface area contributed by atoms with Gasteiger partial charge >= 0.3 is 0 Å². The van der Waals surface area contributed by atoms with Crippen LogP contribution in [0.3, 0.4) is 0 Å². The highest BCUT2D eigenvalue weighted by Crippen LogP contribution is 2.30. The second-order valence-electron chi connectivity index (χ2n) is 8.57. The quantitative estimate of drug-likeness (QED) is 0.354. The van der Waals surface area contributed by atoms with E-state index in [1.54, 1.807) is 25.6 Å². The summed E-state index contributed by atoms with van der Waals surface area (Å²) < 4.78 is 12.9. The summed E-state index contributed by atoms with van der Waals surface area (Å²) >= 11 is 1.72. The fourth-order valence-electron chi connectivity index (χ4n) is 4.63. The summed E-state index contributed by atoms with van der Waals surface area (Å²) in [4.78, 5) is 6.19. The third-order valence-corrected chi connectivity index (χ3v) is 7.34. The number of methoxy groups -OCH3 is 2. The van der Waals surface area contributed by atoms with Crippen molar-refractivity contribution in [1.29, 1.82) is 0 Å². The van der Waals surface area contributed by atoms with Crippen LogP contribution in [0.2, 0.25) is 0 Å². The van der Waals surface area contributed by atoms with E-state index in [0.717, 1.165) is 55.6 Å². The Morgan fingerprint density at radius 2 is 1.69 bits per heavy atom. The molecule has 0 amide bonds. The summed E-state index contributed by atoms with van der Waals surface area (Å²) in [6.45, 7) is 5.28. The van der Waals surface area contributed by atoms with Crippen molar-refractivity contribution in [2.75, 3.05) is 40.4 Å². The molecule has 3 heterocycles. The van der Waals surface area contributed by atoms with Crippen LogP contribution in [0, 0.1) is 0 Å². The Kier molecular flexibility index (Phi) is 7.37. The van der Waals surface area contributed by atoms with E-state index < -0.39 is 0 Å². The van der Waals surface area contributed by atoms with E-state index in [2.05, 4.69) is 67.1 Å². The number of thiophene rings is 1. The third-order valence-electron chi connectivity index (χ3n) is 6.48. The van der Waals surface area contributed by atoms with Crippen molar-refractivity contribution in [3.05, 3.63) is 87.9 Å². The third kappa shape index (κ3) is 5.37. The molecule has 0 radical (unpaired) electrons. The number of hydrogen-bond acceptors (Lipinski definition) is 8. The zero-order chi connectivity index (χ0) is 24.0. The topological polar surface area (TPSA) is 68.5 Å². The second kappa shape index (κ2) is 11.0. The molecule has 1 aliphatic heterocycles. The van der Waals surface area contributed by atoms with Gasteiger partial charge in [-0.1, -0.05) is 36.4 Å². The van der Waals surface area contributed by atoms with Gasteiger partial charge < -0.3 is 9.47 Å². The summed E-state index contributed by atoms with van der Waals surface area (Å²) in [7, 11) is 3.42. The maximum Gasteiger partial charge on any atom is 0.173 e. The SMILES string of the molecule is COc1ccc([C@@H](c2nnnn2Cc2cccs2)N2CCN(Cc3ccccc3OC)CC2)cc1. The van der Waals surface area contributed by atoms with Gasteiger partial charge in [-0.05, 0) is 45.6 Å². The smallest absolute Gasteiger partial charge is 0.173 e. The first kappa shape index (κ1) is 23.5. The van der Waals surface area contributed by atoms with Gasteiger partial charge in [-0.15, -0.1) is 16.4 Å². The maximum absolute atomic E-state index is 5.56.